The van der Waals surface area contributed by atoms with Gasteiger partial charge in [-0.05, 0) is 61.1 Å². The highest BCUT2D eigenvalue weighted by molar-refractivity contribution is 7.80. The fourth-order valence-electron chi connectivity index (χ4n) is 3.71. The molecule has 0 aliphatic carbocycles. The van der Waals surface area contributed by atoms with Crippen molar-refractivity contribution >= 4 is 57.8 Å². The van der Waals surface area contributed by atoms with Crippen LogP contribution in [-0.4, -0.2) is 29.9 Å². The summed E-state index contributed by atoms with van der Waals surface area (Å²) in [6, 6.07) is 18.4. The van der Waals surface area contributed by atoms with E-state index in [9.17, 15) is 9.18 Å². The van der Waals surface area contributed by atoms with E-state index in [0.29, 0.717) is 32.6 Å². The van der Waals surface area contributed by atoms with Crippen molar-refractivity contribution in [3.05, 3.63) is 99.3 Å². The minimum absolute atomic E-state index is 0.220. The van der Waals surface area contributed by atoms with Crippen LogP contribution in [0.4, 0.5) is 10.1 Å². The predicted octanol–water partition coefficient (Wildman–Crippen LogP) is 5.50. The van der Waals surface area contributed by atoms with E-state index in [1.807, 2.05) is 25.1 Å². The van der Waals surface area contributed by atoms with Crippen molar-refractivity contribution in [2.45, 2.75) is 19.1 Å². The summed E-state index contributed by atoms with van der Waals surface area (Å²) in [4.78, 5) is 19.6. The van der Waals surface area contributed by atoms with Gasteiger partial charge in [0.25, 0.3) is 5.91 Å². The summed E-state index contributed by atoms with van der Waals surface area (Å²) in [6.45, 7) is 1.89. The van der Waals surface area contributed by atoms with E-state index in [2.05, 4.69) is 10.6 Å². The van der Waals surface area contributed by atoms with Gasteiger partial charge in [0.2, 0.25) is 6.17 Å². The Balaban J connectivity index is 1.68. The maximum Gasteiger partial charge on any atom is 0.272 e. The molecule has 0 bridgehead atoms. The minimum atomic E-state index is -1.01. The number of benzodiazepines with no additional fused rings is 1. The molecular formula is C25H21Cl2FN4OS. The van der Waals surface area contributed by atoms with Crippen molar-refractivity contribution in [1.29, 1.82) is 0 Å². The van der Waals surface area contributed by atoms with Crippen molar-refractivity contribution in [3.63, 3.8) is 0 Å². The van der Waals surface area contributed by atoms with Crippen LogP contribution in [0.3, 0.4) is 0 Å². The number of nitrogens with zero attached hydrogens (tertiary/aromatic N) is 2. The number of thiocarbonyl (C=S) groups is 1. The number of carbonyl (C=O) groups is 1. The molecule has 2 unspecified atom stereocenters. The van der Waals surface area contributed by atoms with E-state index < -0.39 is 6.17 Å². The second-order valence-corrected chi connectivity index (χ2v) is 9.06. The van der Waals surface area contributed by atoms with Crippen LogP contribution in [0.15, 0.2) is 71.7 Å². The van der Waals surface area contributed by atoms with Gasteiger partial charge < -0.3 is 15.5 Å². The zero-order valence-electron chi connectivity index (χ0n) is 18.4. The third-order valence-corrected chi connectivity index (χ3v) is 6.31. The molecular weight excluding hydrogens is 494 g/mol. The first-order valence-electron chi connectivity index (χ1n) is 10.5. The van der Waals surface area contributed by atoms with Gasteiger partial charge in [0.05, 0.1) is 17.4 Å². The van der Waals surface area contributed by atoms with Gasteiger partial charge in [0.1, 0.15) is 5.82 Å². The van der Waals surface area contributed by atoms with Crippen LogP contribution in [0.1, 0.15) is 29.7 Å². The molecule has 2 atom stereocenters. The Bertz CT molecular complexity index is 1280. The van der Waals surface area contributed by atoms with Crippen molar-refractivity contribution in [3.8, 4) is 0 Å². The average molecular weight is 515 g/mol. The highest BCUT2D eigenvalue weighted by Gasteiger charge is 2.31. The second kappa shape index (κ2) is 10.1. The molecule has 1 aliphatic heterocycles. The van der Waals surface area contributed by atoms with Crippen molar-refractivity contribution in [2.75, 3.05) is 11.9 Å². The monoisotopic (exact) mass is 514 g/mol. The van der Waals surface area contributed by atoms with Crippen LogP contribution >= 0.6 is 35.4 Å². The predicted molar refractivity (Wildman–Crippen MR) is 139 cm³/mol. The molecule has 0 aromatic heterocycles. The molecule has 3 aromatic rings. The number of benzene rings is 3. The van der Waals surface area contributed by atoms with Crippen LogP contribution in [0.25, 0.3) is 0 Å². The molecule has 1 aliphatic rings. The van der Waals surface area contributed by atoms with Crippen LogP contribution in [0.2, 0.25) is 10.0 Å². The lowest BCUT2D eigenvalue weighted by atomic mass is 10.00. The maximum absolute atomic E-state index is 13.3. The molecule has 1 amide bonds. The highest BCUT2D eigenvalue weighted by atomic mass is 35.5. The molecule has 0 fully saturated rings. The standard InChI is InChI=1S/C25H21Cl2FN4OS/c1-14(15-7-10-17(28)11-8-15)29-25(34)31-23-24(33)32(2)21-12-9-16(26)13-19(21)22(30-23)18-5-3-4-6-20(18)27/h3-14,23H,1-2H3,(H2,29,31,34). The van der Waals surface area contributed by atoms with Gasteiger partial charge >= 0.3 is 0 Å². The number of aliphatic imine (C=N–C) groups is 1. The van der Waals surface area contributed by atoms with Crippen LogP contribution in [0.5, 0.6) is 0 Å². The smallest absolute Gasteiger partial charge is 0.272 e. The molecule has 4 rings (SSSR count). The molecule has 0 radical (unpaired) electrons. The summed E-state index contributed by atoms with van der Waals surface area (Å²) >= 11 is 18.3. The number of amides is 1. The Labute approximate surface area is 212 Å². The number of anilines is 1. The number of hydrogen-bond acceptors (Lipinski definition) is 3. The lowest BCUT2D eigenvalue weighted by Gasteiger charge is -2.23. The van der Waals surface area contributed by atoms with Gasteiger partial charge in [-0.3, -0.25) is 4.79 Å². The Morgan fingerprint density at radius 3 is 2.50 bits per heavy atom. The van der Waals surface area contributed by atoms with Crippen LogP contribution in [-0.2, 0) is 4.79 Å². The van der Waals surface area contributed by atoms with Gasteiger partial charge in [-0.2, -0.15) is 0 Å². The largest absolute Gasteiger partial charge is 0.356 e. The second-order valence-electron chi connectivity index (χ2n) is 7.81. The number of fused-ring (bicyclic) bond motifs is 1. The van der Waals surface area contributed by atoms with Gasteiger partial charge in [-0.15, -0.1) is 0 Å². The Morgan fingerprint density at radius 1 is 1.09 bits per heavy atom. The topological polar surface area (TPSA) is 56.7 Å². The van der Waals surface area contributed by atoms with Gasteiger partial charge in [0.15, 0.2) is 5.11 Å². The summed E-state index contributed by atoms with van der Waals surface area (Å²) in [5.41, 5.74) is 3.36. The first kappa shape index (κ1) is 24.1. The van der Waals surface area contributed by atoms with E-state index in [1.165, 1.54) is 17.0 Å². The lowest BCUT2D eigenvalue weighted by molar-refractivity contribution is -0.119. The maximum atomic E-state index is 13.3. The fraction of sp³-hybridized carbons (Fsp3) is 0.160. The number of likely N-dealkylation sites (N-methyl/N-ethyl adjacent to an activating group) is 1. The van der Waals surface area contributed by atoms with E-state index in [4.69, 9.17) is 40.4 Å². The molecule has 2 N–H and O–H groups in total. The number of carbonyl (C=O) groups excluding carboxylic acids is 1. The van der Waals surface area contributed by atoms with Gasteiger partial charge in [0, 0.05) is 28.2 Å². The molecule has 34 heavy (non-hydrogen) atoms. The summed E-state index contributed by atoms with van der Waals surface area (Å²) in [7, 11) is 1.67. The molecule has 0 saturated carbocycles. The Hall–Kier alpha value is -3.00. The SMILES string of the molecule is CC(NC(=S)NC1N=C(c2ccccc2Cl)c2cc(Cl)ccc2N(C)C1=O)c1ccc(F)cc1. The quantitative estimate of drug-likeness (QED) is 0.451. The average Bonchev–Trinajstić information content (AvgIpc) is 2.90. The summed E-state index contributed by atoms with van der Waals surface area (Å²) in [6.07, 6.45) is -1.01. The van der Waals surface area contributed by atoms with Crippen LogP contribution in [0, 0.1) is 5.82 Å². The van der Waals surface area contributed by atoms with Gasteiger partial charge in [-0.25, -0.2) is 9.38 Å². The van der Waals surface area contributed by atoms with Gasteiger partial charge in [-0.1, -0.05) is 53.5 Å². The Morgan fingerprint density at radius 2 is 1.79 bits per heavy atom. The minimum Gasteiger partial charge on any atom is -0.356 e. The van der Waals surface area contributed by atoms with E-state index in [0.717, 1.165) is 5.56 Å². The first-order valence-corrected chi connectivity index (χ1v) is 11.6. The molecule has 5 nitrogen and oxygen atoms in total. The zero-order valence-corrected chi connectivity index (χ0v) is 20.7. The molecule has 3 aromatic carbocycles. The molecule has 0 saturated heterocycles. The van der Waals surface area contributed by atoms with Crippen molar-refractivity contribution in [1.82, 2.24) is 10.6 Å². The zero-order chi connectivity index (χ0) is 24.4. The summed E-state index contributed by atoms with van der Waals surface area (Å²) in [5, 5.41) is 7.37. The van der Waals surface area contributed by atoms with E-state index >= 15 is 0 Å². The number of halogens is 3. The summed E-state index contributed by atoms with van der Waals surface area (Å²) < 4.78 is 13.2. The van der Waals surface area contributed by atoms with E-state index in [-0.39, 0.29) is 22.9 Å². The summed E-state index contributed by atoms with van der Waals surface area (Å²) in [5.74, 6) is -0.617. The number of nitrogens with one attached hydrogen (secondary N) is 2. The molecule has 0 spiro atoms. The van der Waals surface area contributed by atoms with Crippen LogP contribution < -0.4 is 15.5 Å². The first-order chi connectivity index (χ1) is 16.2. The van der Waals surface area contributed by atoms with Crippen molar-refractivity contribution in [2.24, 2.45) is 4.99 Å². The number of rotatable bonds is 4. The molecule has 1 heterocycles. The third-order valence-electron chi connectivity index (χ3n) is 5.51. The van der Waals surface area contributed by atoms with Crippen molar-refractivity contribution < 1.29 is 9.18 Å². The van der Waals surface area contributed by atoms with E-state index in [1.54, 1.807) is 43.4 Å². The lowest BCUT2D eigenvalue weighted by Crippen LogP contribution is -2.49. The molecule has 174 valence electrons. The number of hydrogen-bond donors (Lipinski definition) is 2. The fourth-order valence-corrected chi connectivity index (χ4v) is 4.39. The molecule has 9 heteroatoms. The highest BCUT2D eigenvalue weighted by Crippen LogP contribution is 2.31. The Kier molecular flexibility index (Phi) is 7.16. The third kappa shape index (κ3) is 5.06. The normalized spacial score (nSPS) is 16.3.